The van der Waals surface area contributed by atoms with Crippen molar-refractivity contribution in [3.05, 3.63) is 53.0 Å². The van der Waals surface area contributed by atoms with Gasteiger partial charge in [0.1, 0.15) is 24.1 Å². The first-order valence-corrected chi connectivity index (χ1v) is 7.98. The molecule has 0 unspecified atom stereocenters. The number of rotatable bonds is 5. The zero-order valence-electron chi connectivity index (χ0n) is 13.9. The molecule has 1 atom stereocenters. The summed E-state index contributed by atoms with van der Waals surface area (Å²) in [5, 5.41) is 7.26. The molecule has 0 fully saturated rings. The molecule has 0 aliphatic heterocycles. The first-order chi connectivity index (χ1) is 12.0. The summed E-state index contributed by atoms with van der Waals surface area (Å²) >= 11 is 0. The first kappa shape index (κ1) is 16.8. The average molecular weight is 343 g/mol. The number of nitrogens with zero attached hydrogens (tertiary/aromatic N) is 4. The molecule has 1 aromatic carbocycles. The molecule has 2 aromatic heterocycles. The Morgan fingerprint density at radius 2 is 2.04 bits per heavy atom. The largest absolute Gasteiger partial charge is 0.352 e. The Balaban J connectivity index is 1.93. The van der Waals surface area contributed by atoms with Crippen molar-refractivity contribution in [3.63, 3.8) is 0 Å². The van der Waals surface area contributed by atoms with Crippen LogP contribution in [0.2, 0.25) is 0 Å². The smallest absolute Gasteiger partial charge is 0.264 e. The lowest BCUT2D eigenvalue weighted by atomic mass is 10.2. The molecular formula is C17H18FN5O2. The summed E-state index contributed by atoms with van der Waals surface area (Å²) in [4.78, 5) is 28.8. The van der Waals surface area contributed by atoms with Crippen molar-refractivity contribution in [1.29, 1.82) is 0 Å². The zero-order valence-corrected chi connectivity index (χ0v) is 13.9. The van der Waals surface area contributed by atoms with Crippen LogP contribution in [0.5, 0.6) is 0 Å². The fourth-order valence-corrected chi connectivity index (χ4v) is 2.41. The number of hydrogen-bond donors (Lipinski definition) is 1. The van der Waals surface area contributed by atoms with Crippen molar-refractivity contribution < 1.29 is 9.18 Å². The number of amides is 1. The number of aromatic nitrogens is 4. The summed E-state index contributed by atoms with van der Waals surface area (Å²) in [5.41, 5.74) is 0.600. The molecule has 1 amide bonds. The maximum Gasteiger partial charge on any atom is 0.264 e. The van der Waals surface area contributed by atoms with Gasteiger partial charge in [-0.15, -0.1) is 0 Å². The van der Waals surface area contributed by atoms with Gasteiger partial charge in [0.05, 0.1) is 11.9 Å². The second-order valence-corrected chi connectivity index (χ2v) is 5.82. The quantitative estimate of drug-likeness (QED) is 0.763. The molecule has 0 radical (unpaired) electrons. The van der Waals surface area contributed by atoms with Crippen molar-refractivity contribution in [2.24, 2.45) is 0 Å². The molecule has 25 heavy (non-hydrogen) atoms. The molecule has 0 aliphatic rings. The summed E-state index contributed by atoms with van der Waals surface area (Å²) < 4.78 is 15.8. The summed E-state index contributed by atoms with van der Waals surface area (Å²) in [5.74, 6) is -0.605. The maximum atomic E-state index is 13.1. The van der Waals surface area contributed by atoms with E-state index in [2.05, 4.69) is 15.4 Å². The molecule has 0 saturated heterocycles. The summed E-state index contributed by atoms with van der Waals surface area (Å²) in [7, 11) is 0. The van der Waals surface area contributed by atoms with Gasteiger partial charge in [0.25, 0.3) is 5.56 Å². The summed E-state index contributed by atoms with van der Waals surface area (Å²) in [6.45, 7) is 3.76. The lowest BCUT2D eigenvalue weighted by Crippen LogP contribution is -2.37. The lowest BCUT2D eigenvalue weighted by molar-refractivity contribution is -0.122. The lowest BCUT2D eigenvalue weighted by Gasteiger charge is -2.12. The molecule has 0 aliphatic carbocycles. The minimum absolute atomic E-state index is 0.0427. The van der Waals surface area contributed by atoms with E-state index < -0.39 is 0 Å². The fraction of sp³-hybridized carbons (Fsp3) is 0.294. The van der Waals surface area contributed by atoms with Gasteiger partial charge in [-0.2, -0.15) is 5.10 Å². The minimum Gasteiger partial charge on any atom is -0.352 e. The van der Waals surface area contributed by atoms with Crippen LogP contribution in [0.15, 0.2) is 41.6 Å². The van der Waals surface area contributed by atoms with E-state index in [1.165, 1.54) is 33.9 Å². The SMILES string of the molecule is CC[C@@H](C)NC(=O)Cn1cnc2c(cnn2-c2ccc(F)cc2)c1=O. The molecule has 8 heteroatoms. The van der Waals surface area contributed by atoms with Gasteiger partial charge < -0.3 is 5.32 Å². The number of carbonyl (C=O) groups is 1. The van der Waals surface area contributed by atoms with Crippen molar-refractivity contribution >= 4 is 16.9 Å². The zero-order chi connectivity index (χ0) is 18.0. The Morgan fingerprint density at radius 3 is 2.72 bits per heavy atom. The van der Waals surface area contributed by atoms with Crippen LogP contribution in [0.4, 0.5) is 4.39 Å². The van der Waals surface area contributed by atoms with Crippen molar-refractivity contribution in [2.45, 2.75) is 32.9 Å². The molecular weight excluding hydrogens is 325 g/mol. The van der Waals surface area contributed by atoms with E-state index in [4.69, 9.17) is 0 Å². The standard InChI is InChI=1S/C17H18FN5O2/c1-3-11(2)21-15(24)9-22-10-19-16-14(17(22)25)8-20-23(16)13-6-4-12(18)5-7-13/h4-8,10-11H,3,9H2,1-2H3,(H,21,24)/t11-/m1/s1. The molecule has 0 spiro atoms. The van der Waals surface area contributed by atoms with Gasteiger partial charge in [0.2, 0.25) is 5.91 Å². The van der Waals surface area contributed by atoms with E-state index >= 15 is 0 Å². The Hall–Kier alpha value is -3.03. The third-order valence-electron chi connectivity index (χ3n) is 3.96. The molecule has 0 saturated carbocycles. The van der Waals surface area contributed by atoms with E-state index in [0.29, 0.717) is 16.7 Å². The average Bonchev–Trinajstić information content (AvgIpc) is 3.02. The van der Waals surface area contributed by atoms with Crippen molar-refractivity contribution in [3.8, 4) is 5.69 Å². The molecule has 7 nitrogen and oxygen atoms in total. The molecule has 2 heterocycles. The number of carbonyl (C=O) groups excluding carboxylic acids is 1. The van der Waals surface area contributed by atoms with Gasteiger partial charge in [-0.3, -0.25) is 14.2 Å². The van der Waals surface area contributed by atoms with Gasteiger partial charge in [0.15, 0.2) is 5.65 Å². The second kappa shape index (κ2) is 6.84. The molecule has 0 bridgehead atoms. The topological polar surface area (TPSA) is 81.8 Å². The Labute approximate surface area is 143 Å². The molecule has 1 N–H and O–H groups in total. The number of hydrogen-bond acceptors (Lipinski definition) is 4. The normalized spacial score (nSPS) is 12.3. The highest BCUT2D eigenvalue weighted by atomic mass is 19.1. The highest BCUT2D eigenvalue weighted by molar-refractivity contribution is 5.78. The summed E-state index contributed by atoms with van der Waals surface area (Å²) in [6, 6.07) is 5.76. The number of benzene rings is 1. The van der Waals surface area contributed by atoms with Gasteiger partial charge >= 0.3 is 0 Å². The van der Waals surface area contributed by atoms with Gasteiger partial charge in [-0.1, -0.05) is 6.92 Å². The maximum absolute atomic E-state index is 13.1. The third kappa shape index (κ3) is 3.42. The van der Waals surface area contributed by atoms with Crippen LogP contribution in [0.25, 0.3) is 16.7 Å². The highest BCUT2D eigenvalue weighted by Gasteiger charge is 2.14. The van der Waals surface area contributed by atoms with E-state index in [9.17, 15) is 14.0 Å². The predicted octanol–water partition coefficient (Wildman–Crippen LogP) is 1.64. The third-order valence-corrected chi connectivity index (χ3v) is 3.96. The van der Waals surface area contributed by atoms with Crippen LogP contribution in [-0.4, -0.2) is 31.3 Å². The Kier molecular flexibility index (Phi) is 4.60. The van der Waals surface area contributed by atoms with Crippen LogP contribution in [0.1, 0.15) is 20.3 Å². The van der Waals surface area contributed by atoms with Gasteiger partial charge in [-0.25, -0.2) is 14.1 Å². The minimum atomic E-state index is -0.358. The van der Waals surface area contributed by atoms with E-state index in [0.717, 1.165) is 6.42 Å². The fourth-order valence-electron chi connectivity index (χ4n) is 2.41. The number of nitrogens with one attached hydrogen (secondary N) is 1. The van der Waals surface area contributed by atoms with E-state index in [1.54, 1.807) is 12.1 Å². The second-order valence-electron chi connectivity index (χ2n) is 5.82. The van der Waals surface area contributed by atoms with Crippen LogP contribution in [0, 0.1) is 5.82 Å². The molecule has 3 rings (SSSR count). The Morgan fingerprint density at radius 1 is 1.32 bits per heavy atom. The van der Waals surface area contributed by atoms with E-state index in [1.807, 2.05) is 13.8 Å². The first-order valence-electron chi connectivity index (χ1n) is 7.98. The molecule has 130 valence electrons. The highest BCUT2D eigenvalue weighted by Crippen LogP contribution is 2.14. The van der Waals surface area contributed by atoms with Gasteiger partial charge in [-0.05, 0) is 37.6 Å². The van der Waals surface area contributed by atoms with Crippen LogP contribution >= 0.6 is 0 Å². The van der Waals surface area contributed by atoms with Crippen molar-refractivity contribution in [2.75, 3.05) is 0 Å². The molecule has 3 aromatic rings. The Bertz CT molecular complexity index is 961. The van der Waals surface area contributed by atoms with E-state index in [-0.39, 0.29) is 29.9 Å². The monoisotopic (exact) mass is 343 g/mol. The van der Waals surface area contributed by atoms with Crippen LogP contribution in [-0.2, 0) is 11.3 Å². The van der Waals surface area contributed by atoms with Crippen molar-refractivity contribution in [1.82, 2.24) is 24.6 Å². The number of fused-ring (bicyclic) bond motifs is 1. The predicted molar refractivity (Wildman–Crippen MR) is 91.0 cm³/mol. The van der Waals surface area contributed by atoms with Gasteiger partial charge in [0, 0.05) is 6.04 Å². The van der Waals surface area contributed by atoms with Crippen LogP contribution in [0.3, 0.4) is 0 Å². The number of halogens is 1. The summed E-state index contributed by atoms with van der Waals surface area (Å²) in [6.07, 6.45) is 3.53. The van der Waals surface area contributed by atoms with Crippen LogP contribution < -0.4 is 10.9 Å².